The molecule has 0 aromatic rings. The predicted molar refractivity (Wildman–Crippen MR) is 33.0 cm³/mol. The maximum absolute atomic E-state index is 5.63. The van der Waals surface area contributed by atoms with Gasteiger partial charge in [0.05, 0.1) is 0 Å². The Kier molecular flexibility index (Phi) is 1.03. The van der Waals surface area contributed by atoms with Crippen molar-refractivity contribution in [3.8, 4) is 0 Å². The van der Waals surface area contributed by atoms with Crippen molar-refractivity contribution in [2.24, 2.45) is 0 Å². The van der Waals surface area contributed by atoms with E-state index in [1.165, 1.54) is 0 Å². The Morgan fingerprint density at radius 2 is 1.00 bits per heavy atom. The molecule has 0 N–H and O–H groups in total. The van der Waals surface area contributed by atoms with Gasteiger partial charge < -0.3 is 0 Å². The van der Waals surface area contributed by atoms with Crippen molar-refractivity contribution in [2.45, 2.75) is 9.62 Å². The molecule has 0 amide bonds. The first-order chi connectivity index (χ1) is 2.71. The second kappa shape index (κ2) is 1.04. The Morgan fingerprint density at radius 3 is 1.00 bits per heavy atom. The van der Waals surface area contributed by atoms with E-state index >= 15 is 0 Å². The van der Waals surface area contributed by atoms with Crippen LogP contribution in [-0.4, -0.2) is 0 Å². The summed E-state index contributed by atoms with van der Waals surface area (Å²) < 4.78 is 0. The van der Waals surface area contributed by atoms with E-state index in [2.05, 4.69) is 0 Å². The van der Waals surface area contributed by atoms with E-state index in [1.54, 1.807) is 0 Å². The molecule has 7 heavy (non-hydrogen) atoms. The molecule has 5 heteroatoms. The van der Waals surface area contributed by atoms with E-state index in [0.29, 0.717) is 9.62 Å². The van der Waals surface area contributed by atoms with Crippen LogP contribution in [0.25, 0.3) is 0 Å². The van der Waals surface area contributed by atoms with Crippen LogP contribution < -0.4 is 0 Å². The maximum atomic E-state index is 5.63. The van der Waals surface area contributed by atoms with E-state index < -0.39 is 9.39 Å². The Bertz CT molecular complexity index is 107. The van der Waals surface area contributed by atoms with Crippen LogP contribution in [0.2, 0.25) is 9.62 Å². The summed E-state index contributed by atoms with van der Waals surface area (Å²) in [5, 5.41) is 0. The van der Waals surface area contributed by atoms with Crippen LogP contribution in [0.3, 0.4) is 0 Å². The van der Waals surface area contributed by atoms with Gasteiger partial charge in [0.2, 0.25) is 0 Å². The van der Waals surface area contributed by atoms with Crippen molar-refractivity contribution >= 4 is 37.7 Å². The summed E-state index contributed by atoms with van der Waals surface area (Å²) in [5.74, 6) is 0. The third-order valence-corrected chi connectivity index (χ3v) is 13.0. The Balaban J connectivity index is 2.98. The minimum absolute atomic E-state index is 0.627. The minimum atomic E-state index is -3.98. The van der Waals surface area contributed by atoms with Crippen molar-refractivity contribution in [3.63, 3.8) is 0 Å². The van der Waals surface area contributed by atoms with E-state index in [1.807, 2.05) is 0 Å². The van der Waals surface area contributed by atoms with Crippen LogP contribution in [-0.2, 0) is 9.39 Å². The number of hydrogen-bond donors (Lipinski definition) is 0. The van der Waals surface area contributed by atoms with Crippen molar-refractivity contribution in [3.05, 3.63) is 0 Å². The number of rotatable bonds is 0. The molecule has 1 saturated heterocycles. The van der Waals surface area contributed by atoms with Crippen LogP contribution in [0, 0.1) is 0 Å². The summed E-state index contributed by atoms with van der Waals surface area (Å²) in [6.45, 7) is 0. The van der Waals surface area contributed by atoms with E-state index in [9.17, 15) is 0 Å². The van der Waals surface area contributed by atoms with Gasteiger partial charge in [-0.15, -0.1) is 0 Å². The molecule has 1 fully saturated rings. The molecule has 0 spiro atoms. The average molecular weight is 365 g/mol. The molecular formula is C2H4Cl4Pt. The summed E-state index contributed by atoms with van der Waals surface area (Å²) in [6, 6.07) is 0. The van der Waals surface area contributed by atoms with Gasteiger partial charge in [-0.1, -0.05) is 0 Å². The van der Waals surface area contributed by atoms with Gasteiger partial charge in [-0.2, -0.15) is 0 Å². The third kappa shape index (κ3) is 2.28. The summed E-state index contributed by atoms with van der Waals surface area (Å²) in [5.41, 5.74) is 0. The molecule has 0 unspecified atom stereocenters. The molecule has 50 valence electrons. The molecular weight excluding hydrogens is 361 g/mol. The molecule has 0 saturated carbocycles. The quantitative estimate of drug-likeness (QED) is 0.615. The molecule has 1 aliphatic rings. The zero-order chi connectivity index (χ0) is 5.82. The molecule has 1 aliphatic heterocycles. The molecule has 0 nitrogen and oxygen atoms in total. The van der Waals surface area contributed by atoms with Gasteiger partial charge in [-0.3, -0.25) is 0 Å². The van der Waals surface area contributed by atoms with Crippen molar-refractivity contribution in [1.82, 2.24) is 0 Å². The first-order valence-corrected chi connectivity index (χ1v) is 15.9. The van der Waals surface area contributed by atoms with Gasteiger partial charge in [-0.25, -0.2) is 0 Å². The first kappa shape index (κ1) is 6.96. The van der Waals surface area contributed by atoms with Gasteiger partial charge in [0.1, 0.15) is 0 Å². The van der Waals surface area contributed by atoms with Gasteiger partial charge in [0.15, 0.2) is 0 Å². The average Bonchev–Trinajstić information content (AvgIpc) is 1.69. The first-order valence-electron chi connectivity index (χ1n) is 1.43. The fraction of sp³-hybridized carbons (Fsp3) is 1.00. The monoisotopic (exact) mass is 363 g/mol. The topological polar surface area (TPSA) is 0 Å². The molecule has 0 radical (unpaired) electrons. The van der Waals surface area contributed by atoms with Crippen LogP contribution in [0.4, 0.5) is 0 Å². The Hall–Kier alpha value is 1.85. The molecule has 1 heterocycles. The molecule has 1 rings (SSSR count). The molecule has 0 aromatic heterocycles. The molecule has 0 aliphatic carbocycles. The van der Waals surface area contributed by atoms with Crippen molar-refractivity contribution in [2.75, 3.05) is 0 Å². The zero-order valence-electron chi connectivity index (χ0n) is 3.24. The zero-order valence-corrected chi connectivity index (χ0v) is 8.54. The normalized spacial score (nSPS) is 49.7. The van der Waals surface area contributed by atoms with Gasteiger partial charge in [0.25, 0.3) is 0 Å². The summed E-state index contributed by atoms with van der Waals surface area (Å²) in [6.07, 6.45) is 0. The van der Waals surface area contributed by atoms with Gasteiger partial charge in [0, 0.05) is 0 Å². The predicted octanol–water partition coefficient (Wildman–Crippen LogP) is 3.68. The summed E-state index contributed by atoms with van der Waals surface area (Å²) in [7, 11) is 18.5. The van der Waals surface area contributed by atoms with Crippen LogP contribution in [0.1, 0.15) is 0 Å². The second-order valence-electron chi connectivity index (χ2n) is 1.42. The molecule has 0 aromatic carbocycles. The Labute approximate surface area is 56.3 Å². The number of hydrogen-bond acceptors (Lipinski definition) is 0. The fourth-order valence-corrected chi connectivity index (χ4v) is 15.2. The number of halogens is 4. The Morgan fingerprint density at radius 1 is 0.857 bits per heavy atom. The van der Waals surface area contributed by atoms with Crippen LogP contribution in [0.5, 0.6) is 0 Å². The standard InChI is InChI=1S/C2H4.4ClH.Pt/c1-2;;;;;/h1-2H2;4*1H;/q;;;;;+4/p-4. The molecule has 0 bridgehead atoms. The van der Waals surface area contributed by atoms with Gasteiger partial charge in [-0.05, 0) is 0 Å². The van der Waals surface area contributed by atoms with Crippen molar-refractivity contribution < 1.29 is 9.39 Å². The third-order valence-electron chi connectivity index (χ3n) is 0.636. The van der Waals surface area contributed by atoms with E-state index in [0.717, 1.165) is 0 Å². The van der Waals surface area contributed by atoms with Crippen LogP contribution >= 0.6 is 37.7 Å². The second-order valence-corrected chi connectivity index (χ2v) is 40.5. The summed E-state index contributed by atoms with van der Waals surface area (Å²) in [4.78, 5) is 1.25. The van der Waals surface area contributed by atoms with E-state index in [4.69, 9.17) is 37.7 Å². The van der Waals surface area contributed by atoms with Gasteiger partial charge >= 0.3 is 56.7 Å². The van der Waals surface area contributed by atoms with Crippen LogP contribution in [0.15, 0.2) is 0 Å². The van der Waals surface area contributed by atoms with Crippen molar-refractivity contribution in [1.29, 1.82) is 0 Å². The summed E-state index contributed by atoms with van der Waals surface area (Å²) >= 11 is 0. The SMILES string of the molecule is [Cl][Pt]1([Cl])([Cl])([Cl])[CH2][CH2]1. The van der Waals surface area contributed by atoms with E-state index in [-0.39, 0.29) is 0 Å². The fourth-order valence-electron chi connectivity index (χ4n) is 0.0756. The molecule has 0 atom stereocenters.